The van der Waals surface area contributed by atoms with Gasteiger partial charge in [-0.15, -0.1) is 0 Å². The van der Waals surface area contributed by atoms with Gasteiger partial charge < -0.3 is 0 Å². The van der Waals surface area contributed by atoms with Crippen LogP contribution < -0.4 is 0 Å². The average Bonchev–Trinajstić information content (AvgIpc) is 2.56. The highest BCUT2D eigenvalue weighted by Crippen LogP contribution is 2.30. The van der Waals surface area contributed by atoms with Gasteiger partial charge >= 0.3 is 6.18 Å². The van der Waals surface area contributed by atoms with Crippen molar-refractivity contribution in [3.05, 3.63) is 71.3 Å². The molecule has 1 aliphatic heterocycles. The lowest BCUT2D eigenvalue weighted by Gasteiger charge is -2.33. The number of alkyl halides is 3. The van der Waals surface area contributed by atoms with Gasteiger partial charge in [-0.3, -0.25) is 4.90 Å². The molecule has 1 atom stereocenters. The molecule has 0 unspecified atom stereocenters. The van der Waals surface area contributed by atoms with Crippen LogP contribution in [0.4, 0.5) is 13.2 Å². The van der Waals surface area contributed by atoms with Crippen LogP contribution in [0.1, 0.15) is 29.5 Å². The van der Waals surface area contributed by atoms with Crippen LogP contribution in [0.2, 0.25) is 0 Å². The summed E-state index contributed by atoms with van der Waals surface area (Å²) >= 11 is 0. The summed E-state index contributed by atoms with van der Waals surface area (Å²) < 4.78 is 37.9. The summed E-state index contributed by atoms with van der Waals surface area (Å²) in [6.07, 6.45) is -1.11. The van der Waals surface area contributed by atoms with Crippen molar-refractivity contribution >= 4 is 0 Å². The average molecular weight is 333 g/mol. The molecule has 0 aromatic heterocycles. The summed E-state index contributed by atoms with van der Waals surface area (Å²) in [7, 11) is 0. The first kappa shape index (κ1) is 17.0. The van der Waals surface area contributed by atoms with E-state index in [0.717, 1.165) is 44.5 Å². The fraction of sp³-hybridized carbons (Fsp3) is 0.400. The summed E-state index contributed by atoms with van der Waals surface area (Å²) in [6, 6.07) is 16.0. The van der Waals surface area contributed by atoms with Crippen LogP contribution in [0.3, 0.4) is 0 Å². The van der Waals surface area contributed by atoms with Crippen molar-refractivity contribution < 1.29 is 13.2 Å². The van der Waals surface area contributed by atoms with Gasteiger partial charge in [-0.05, 0) is 55.0 Å². The maximum atomic E-state index is 12.6. The molecule has 1 saturated heterocycles. The van der Waals surface area contributed by atoms with Crippen molar-refractivity contribution in [3.8, 4) is 0 Å². The Morgan fingerprint density at radius 1 is 0.917 bits per heavy atom. The normalized spacial score (nSPS) is 19.4. The zero-order valence-corrected chi connectivity index (χ0v) is 13.6. The third kappa shape index (κ3) is 4.60. The van der Waals surface area contributed by atoms with Crippen LogP contribution in [-0.2, 0) is 19.1 Å². The Hall–Kier alpha value is -1.81. The largest absolute Gasteiger partial charge is 0.416 e. The molecule has 0 N–H and O–H groups in total. The van der Waals surface area contributed by atoms with Crippen molar-refractivity contribution in [3.63, 3.8) is 0 Å². The van der Waals surface area contributed by atoms with E-state index in [1.165, 1.54) is 17.7 Å². The van der Waals surface area contributed by atoms with E-state index < -0.39 is 11.7 Å². The zero-order chi connectivity index (χ0) is 17.0. The predicted octanol–water partition coefficient (Wildman–Crippen LogP) is 5.16. The molecule has 128 valence electrons. The summed E-state index contributed by atoms with van der Waals surface area (Å²) in [4.78, 5) is 2.45. The SMILES string of the molecule is FC(F)(F)c1ccc(C[C@H]2CCCN(Cc3ccccc3)C2)cc1. The van der Waals surface area contributed by atoms with E-state index in [4.69, 9.17) is 0 Å². The minimum absolute atomic E-state index is 0.513. The molecule has 1 heterocycles. The third-order valence-electron chi connectivity index (χ3n) is 4.66. The van der Waals surface area contributed by atoms with E-state index in [-0.39, 0.29) is 0 Å². The molecule has 0 saturated carbocycles. The van der Waals surface area contributed by atoms with Gasteiger partial charge in [0, 0.05) is 13.1 Å². The minimum Gasteiger partial charge on any atom is -0.299 e. The van der Waals surface area contributed by atoms with Crippen LogP contribution in [-0.4, -0.2) is 18.0 Å². The van der Waals surface area contributed by atoms with E-state index in [0.29, 0.717) is 5.92 Å². The lowest BCUT2D eigenvalue weighted by Crippen LogP contribution is -2.35. The van der Waals surface area contributed by atoms with Crippen LogP contribution in [0.5, 0.6) is 0 Å². The second kappa shape index (κ2) is 7.39. The predicted molar refractivity (Wildman–Crippen MR) is 89.6 cm³/mol. The standard InChI is InChI=1S/C20H22F3N/c21-20(22,23)19-10-8-16(9-11-19)13-18-7-4-12-24(15-18)14-17-5-2-1-3-6-17/h1-3,5-6,8-11,18H,4,7,12-15H2/t18-/m1/s1. The number of halogens is 3. The van der Waals surface area contributed by atoms with Crippen LogP contribution in [0.25, 0.3) is 0 Å². The molecule has 4 heteroatoms. The highest BCUT2D eigenvalue weighted by atomic mass is 19.4. The minimum atomic E-state index is -4.25. The number of benzene rings is 2. The number of piperidine rings is 1. The Labute approximate surface area is 141 Å². The van der Waals surface area contributed by atoms with Gasteiger partial charge in [0.05, 0.1) is 5.56 Å². The molecule has 0 spiro atoms. The first-order valence-corrected chi connectivity index (χ1v) is 8.43. The summed E-state index contributed by atoms with van der Waals surface area (Å²) in [5.74, 6) is 0.513. The summed E-state index contributed by atoms with van der Waals surface area (Å²) in [5.41, 5.74) is 1.74. The smallest absolute Gasteiger partial charge is 0.299 e. The quantitative estimate of drug-likeness (QED) is 0.747. The molecular weight excluding hydrogens is 311 g/mol. The van der Waals surface area contributed by atoms with Gasteiger partial charge in [0.2, 0.25) is 0 Å². The van der Waals surface area contributed by atoms with E-state index in [2.05, 4.69) is 29.2 Å². The van der Waals surface area contributed by atoms with Crippen LogP contribution in [0.15, 0.2) is 54.6 Å². The van der Waals surface area contributed by atoms with Gasteiger partial charge in [-0.25, -0.2) is 0 Å². The second-order valence-corrected chi connectivity index (χ2v) is 6.63. The van der Waals surface area contributed by atoms with Crippen molar-refractivity contribution in [1.29, 1.82) is 0 Å². The lowest BCUT2D eigenvalue weighted by atomic mass is 9.90. The molecule has 0 aliphatic carbocycles. The topological polar surface area (TPSA) is 3.24 Å². The van der Waals surface area contributed by atoms with Crippen molar-refractivity contribution in [2.45, 2.75) is 32.0 Å². The van der Waals surface area contributed by atoms with E-state index in [9.17, 15) is 13.2 Å². The number of rotatable bonds is 4. The highest BCUT2D eigenvalue weighted by Gasteiger charge is 2.30. The molecule has 3 rings (SSSR count). The number of hydrogen-bond acceptors (Lipinski definition) is 1. The molecule has 1 aliphatic rings. The van der Waals surface area contributed by atoms with Gasteiger partial charge in [0.25, 0.3) is 0 Å². The van der Waals surface area contributed by atoms with Gasteiger partial charge in [0.15, 0.2) is 0 Å². The number of likely N-dealkylation sites (tertiary alicyclic amines) is 1. The molecule has 0 radical (unpaired) electrons. The molecule has 0 bridgehead atoms. The molecular formula is C20H22F3N. The fourth-order valence-electron chi connectivity index (χ4n) is 3.47. The molecule has 2 aromatic rings. The molecule has 2 aromatic carbocycles. The maximum absolute atomic E-state index is 12.6. The molecule has 1 nitrogen and oxygen atoms in total. The second-order valence-electron chi connectivity index (χ2n) is 6.63. The van der Waals surface area contributed by atoms with Crippen molar-refractivity contribution in [1.82, 2.24) is 4.90 Å². The Morgan fingerprint density at radius 3 is 2.29 bits per heavy atom. The van der Waals surface area contributed by atoms with Crippen molar-refractivity contribution in [2.24, 2.45) is 5.92 Å². The van der Waals surface area contributed by atoms with Gasteiger partial charge in [-0.2, -0.15) is 13.2 Å². The van der Waals surface area contributed by atoms with E-state index >= 15 is 0 Å². The first-order chi connectivity index (χ1) is 11.5. The van der Waals surface area contributed by atoms with Crippen LogP contribution in [0, 0.1) is 5.92 Å². The third-order valence-corrected chi connectivity index (χ3v) is 4.66. The fourth-order valence-corrected chi connectivity index (χ4v) is 3.47. The highest BCUT2D eigenvalue weighted by molar-refractivity contribution is 5.25. The van der Waals surface area contributed by atoms with Gasteiger partial charge in [0.1, 0.15) is 0 Å². The Kier molecular flexibility index (Phi) is 5.24. The Balaban J connectivity index is 1.57. The summed E-state index contributed by atoms with van der Waals surface area (Å²) in [5, 5.41) is 0. The lowest BCUT2D eigenvalue weighted by molar-refractivity contribution is -0.137. The number of hydrogen-bond donors (Lipinski definition) is 0. The Morgan fingerprint density at radius 2 is 1.62 bits per heavy atom. The van der Waals surface area contributed by atoms with E-state index in [1.54, 1.807) is 12.1 Å². The molecule has 0 amide bonds. The maximum Gasteiger partial charge on any atom is 0.416 e. The molecule has 1 fully saturated rings. The Bertz CT molecular complexity index is 634. The molecule has 24 heavy (non-hydrogen) atoms. The zero-order valence-electron chi connectivity index (χ0n) is 13.6. The van der Waals surface area contributed by atoms with Gasteiger partial charge in [-0.1, -0.05) is 42.5 Å². The van der Waals surface area contributed by atoms with Crippen LogP contribution >= 0.6 is 0 Å². The van der Waals surface area contributed by atoms with Crippen molar-refractivity contribution in [2.75, 3.05) is 13.1 Å². The number of nitrogens with zero attached hydrogens (tertiary/aromatic N) is 1. The summed E-state index contributed by atoms with van der Waals surface area (Å²) in [6.45, 7) is 3.05. The monoisotopic (exact) mass is 333 g/mol. The van der Waals surface area contributed by atoms with E-state index in [1.807, 2.05) is 6.07 Å². The first-order valence-electron chi connectivity index (χ1n) is 8.43.